The maximum absolute atomic E-state index is 5.66. The molecule has 0 aliphatic heterocycles. The molecule has 4 rings (SSSR count). The van der Waals surface area contributed by atoms with Crippen LogP contribution < -0.4 is 5.32 Å². The molecule has 3 heterocycles. The number of aryl methyl sites for hydroxylation is 1. The number of nitrogens with one attached hydrogen (secondary N) is 2. The quantitative estimate of drug-likeness (QED) is 0.590. The molecule has 1 aromatic carbocycles. The van der Waals surface area contributed by atoms with Crippen molar-refractivity contribution < 1.29 is 4.42 Å². The molecule has 7 nitrogen and oxygen atoms in total. The Morgan fingerprint density at radius 2 is 2.04 bits per heavy atom. The number of anilines is 1. The molecule has 0 atom stereocenters. The molecule has 0 aliphatic rings. The van der Waals surface area contributed by atoms with Crippen LogP contribution in [0.4, 0.5) is 5.69 Å². The second-order valence-electron chi connectivity index (χ2n) is 5.43. The van der Waals surface area contributed by atoms with Crippen LogP contribution >= 0.6 is 0 Å². The average molecular weight is 320 g/mol. The zero-order valence-corrected chi connectivity index (χ0v) is 13.1. The molecule has 0 radical (unpaired) electrons. The van der Waals surface area contributed by atoms with Crippen LogP contribution in [0.15, 0.2) is 59.4 Å². The minimum absolute atomic E-state index is 0.647. The maximum atomic E-state index is 5.66. The van der Waals surface area contributed by atoms with Gasteiger partial charge in [-0.2, -0.15) is 5.10 Å². The fourth-order valence-corrected chi connectivity index (χ4v) is 2.50. The van der Waals surface area contributed by atoms with Crippen LogP contribution in [0.3, 0.4) is 0 Å². The first kappa shape index (κ1) is 14.3. The third-order valence-electron chi connectivity index (χ3n) is 3.74. The van der Waals surface area contributed by atoms with Gasteiger partial charge in [-0.1, -0.05) is 5.21 Å². The Balaban J connectivity index is 1.47. The predicted molar refractivity (Wildman–Crippen MR) is 89.7 cm³/mol. The number of rotatable bonds is 5. The van der Waals surface area contributed by atoms with E-state index in [1.807, 2.05) is 55.7 Å². The van der Waals surface area contributed by atoms with E-state index in [0.29, 0.717) is 6.54 Å². The summed E-state index contributed by atoms with van der Waals surface area (Å²) in [7, 11) is 0. The van der Waals surface area contributed by atoms with Gasteiger partial charge >= 0.3 is 0 Å². The van der Waals surface area contributed by atoms with Crippen molar-refractivity contribution in [2.24, 2.45) is 0 Å². The highest BCUT2D eigenvalue weighted by Crippen LogP contribution is 2.24. The summed E-state index contributed by atoms with van der Waals surface area (Å²) < 4.78 is 7.38. The van der Waals surface area contributed by atoms with Crippen LogP contribution in [0, 0.1) is 6.92 Å². The van der Waals surface area contributed by atoms with Gasteiger partial charge in [-0.15, -0.1) is 5.10 Å². The van der Waals surface area contributed by atoms with E-state index >= 15 is 0 Å². The van der Waals surface area contributed by atoms with E-state index in [-0.39, 0.29) is 0 Å². The fraction of sp³-hybridized carbons (Fsp3) is 0.118. The van der Waals surface area contributed by atoms with Crippen molar-refractivity contribution in [1.82, 2.24) is 25.2 Å². The number of hydrogen-bond donors (Lipinski definition) is 2. The zero-order valence-electron chi connectivity index (χ0n) is 13.1. The molecule has 120 valence electrons. The van der Waals surface area contributed by atoms with E-state index in [4.69, 9.17) is 4.42 Å². The van der Waals surface area contributed by atoms with E-state index in [9.17, 15) is 0 Å². The number of nitrogens with zero attached hydrogens (tertiary/aromatic N) is 4. The van der Waals surface area contributed by atoms with Crippen LogP contribution in [0.2, 0.25) is 0 Å². The Bertz CT molecular complexity index is 920. The summed E-state index contributed by atoms with van der Waals surface area (Å²) in [6, 6.07) is 11.9. The van der Waals surface area contributed by atoms with Gasteiger partial charge < -0.3 is 9.73 Å². The smallest absolute Gasteiger partial charge is 0.152 e. The van der Waals surface area contributed by atoms with Gasteiger partial charge in [-0.25, -0.2) is 4.68 Å². The summed E-state index contributed by atoms with van der Waals surface area (Å²) >= 11 is 0. The molecule has 0 unspecified atom stereocenters. The van der Waals surface area contributed by atoms with Crippen molar-refractivity contribution in [2.45, 2.75) is 13.5 Å². The third kappa shape index (κ3) is 2.79. The Hall–Kier alpha value is -3.35. The summed E-state index contributed by atoms with van der Waals surface area (Å²) in [6.45, 7) is 2.57. The van der Waals surface area contributed by atoms with E-state index < -0.39 is 0 Å². The normalized spacial score (nSPS) is 10.9. The minimum atomic E-state index is 0.647. The van der Waals surface area contributed by atoms with Gasteiger partial charge in [0.05, 0.1) is 24.3 Å². The second kappa shape index (κ2) is 6.04. The van der Waals surface area contributed by atoms with Crippen LogP contribution in [-0.2, 0) is 6.54 Å². The van der Waals surface area contributed by atoms with E-state index in [2.05, 4.69) is 25.8 Å². The van der Waals surface area contributed by atoms with E-state index in [0.717, 1.165) is 34.2 Å². The second-order valence-corrected chi connectivity index (χ2v) is 5.43. The highest BCUT2D eigenvalue weighted by Gasteiger charge is 2.11. The van der Waals surface area contributed by atoms with Crippen molar-refractivity contribution in [3.05, 3.63) is 66.3 Å². The molecule has 2 N–H and O–H groups in total. The van der Waals surface area contributed by atoms with Crippen LogP contribution in [0.1, 0.15) is 11.3 Å². The fourth-order valence-electron chi connectivity index (χ4n) is 2.50. The summed E-state index contributed by atoms with van der Waals surface area (Å²) in [5.41, 5.74) is 3.93. The first-order chi connectivity index (χ1) is 11.8. The number of hydrogen-bond acceptors (Lipinski definition) is 5. The molecule has 4 aromatic rings. The summed E-state index contributed by atoms with van der Waals surface area (Å²) in [4.78, 5) is 0. The molecule has 0 aliphatic carbocycles. The summed E-state index contributed by atoms with van der Waals surface area (Å²) in [5.74, 6) is 1.67. The Labute approximate surface area is 138 Å². The molecule has 0 saturated carbocycles. The number of aromatic nitrogens is 5. The third-order valence-corrected chi connectivity index (χ3v) is 3.74. The lowest BCUT2D eigenvalue weighted by molar-refractivity contribution is 0.545. The number of H-pyrrole nitrogens is 1. The van der Waals surface area contributed by atoms with Crippen molar-refractivity contribution in [2.75, 3.05) is 5.32 Å². The van der Waals surface area contributed by atoms with Gasteiger partial charge in [0.1, 0.15) is 11.5 Å². The summed E-state index contributed by atoms with van der Waals surface area (Å²) in [5, 5.41) is 18.3. The molecule has 0 saturated heterocycles. The molecular weight excluding hydrogens is 304 g/mol. The topological polar surface area (TPSA) is 84.6 Å². The number of furan rings is 1. The molecule has 0 bridgehead atoms. The molecular formula is C17H16N6O. The van der Waals surface area contributed by atoms with Gasteiger partial charge in [0.15, 0.2) is 5.76 Å². The average Bonchev–Trinajstić information content (AvgIpc) is 3.35. The van der Waals surface area contributed by atoms with Crippen LogP contribution in [-0.4, -0.2) is 25.2 Å². The Kier molecular flexibility index (Phi) is 3.59. The number of benzene rings is 1. The largest absolute Gasteiger partial charge is 0.460 e. The molecule has 24 heavy (non-hydrogen) atoms. The first-order valence-corrected chi connectivity index (χ1v) is 7.59. The van der Waals surface area contributed by atoms with Crippen LogP contribution in [0.5, 0.6) is 0 Å². The van der Waals surface area contributed by atoms with Gasteiger partial charge in [-0.05, 0) is 43.3 Å². The summed E-state index contributed by atoms with van der Waals surface area (Å²) in [6.07, 6.45) is 5.28. The monoisotopic (exact) mass is 320 g/mol. The lowest BCUT2D eigenvalue weighted by Gasteiger charge is -2.07. The molecule has 0 fully saturated rings. The van der Waals surface area contributed by atoms with Gasteiger partial charge in [0, 0.05) is 17.8 Å². The van der Waals surface area contributed by atoms with Crippen molar-refractivity contribution >= 4 is 5.69 Å². The molecule has 7 heteroatoms. The zero-order chi connectivity index (χ0) is 16.4. The minimum Gasteiger partial charge on any atom is -0.460 e. The highest BCUT2D eigenvalue weighted by atomic mass is 16.3. The van der Waals surface area contributed by atoms with Crippen molar-refractivity contribution in [1.29, 1.82) is 0 Å². The highest BCUT2D eigenvalue weighted by molar-refractivity contribution is 5.58. The maximum Gasteiger partial charge on any atom is 0.152 e. The van der Waals surface area contributed by atoms with Gasteiger partial charge in [0.25, 0.3) is 0 Å². The predicted octanol–water partition coefficient (Wildman–Crippen LogP) is 3.17. The number of aromatic amines is 1. The van der Waals surface area contributed by atoms with Gasteiger partial charge in [-0.3, -0.25) is 5.10 Å². The lowest BCUT2D eigenvalue weighted by atomic mass is 10.2. The Morgan fingerprint density at radius 3 is 2.75 bits per heavy atom. The molecule has 0 amide bonds. The molecule has 0 spiro atoms. The van der Waals surface area contributed by atoms with Crippen LogP contribution in [0.25, 0.3) is 17.1 Å². The SMILES string of the molecule is Cc1ccc(-c2[nH]ncc2CNc2ccc(-n3ccnn3)cc2)o1. The Morgan fingerprint density at radius 1 is 1.17 bits per heavy atom. The van der Waals surface area contributed by atoms with Crippen molar-refractivity contribution in [3.63, 3.8) is 0 Å². The van der Waals surface area contributed by atoms with Crippen molar-refractivity contribution in [3.8, 4) is 17.1 Å². The standard InChI is InChI=1S/C17H16N6O/c1-12-2-7-16(24-12)17-13(11-20-21-17)10-18-14-3-5-15(6-4-14)23-9-8-19-22-23/h2-9,11,18H,10H2,1H3,(H,20,21). The first-order valence-electron chi connectivity index (χ1n) is 7.59. The van der Waals surface area contributed by atoms with E-state index in [1.54, 1.807) is 10.9 Å². The molecule has 3 aromatic heterocycles. The van der Waals surface area contributed by atoms with Gasteiger partial charge in [0.2, 0.25) is 0 Å². The van der Waals surface area contributed by atoms with E-state index in [1.165, 1.54) is 0 Å². The lowest BCUT2D eigenvalue weighted by Crippen LogP contribution is -2.00.